The molecular formula is C26H46O4Si. The van der Waals surface area contributed by atoms with Gasteiger partial charge in [0.05, 0.1) is 6.10 Å². The Hall–Kier alpha value is -1.13. The van der Waals surface area contributed by atoms with E-state index in [0.29, 0.717) is 0 Å². The van der Waals surface area contributed by atoms with Gasteiger partial charge in [0.1, 0.15) is 0 Å². The van der Waals surface area contributed by atoms with Gasteiger partial charge in [0.2, 0.25) is 0 Å². The van der Waals surface area contributed by atoms with Crippen molar-refractivity contribution in [1.29, 1.82) is 0 Å². The first-order valence-electron chi connectivity index (χ1n) is 12.2. The Kier molecular flexibility index (Phi) is 12.1. The molecule has 0 radical (unpaired) electrons. The van der Waals surface area contributed by atoms with Crippen LogP contribution in [0.3, 0.4) is 0 Å². The smallest absolute Gasteiger partial charge is 0.336 e. The van der Waals surface area contributed by atoms with Crippen LogP contribution >= 0.6 is 0 Å². The minimum absolute atomic E-state index is 0.0460. The highest BCUT2D eigenvalue weighted by molar-refractivity contribution is 6.74. The molecule has 1 rings (SSSR count). The number of aliphatic hydroxyl groups is 1. The molecule has 1 aliphatic carbocycles. The van der Waals surface area contributed by atoms with Gasteiger partial charge in [-0.05, 0) is 62.4 Å². The Balaban J connectivity index is 2.53. The van der Waals surface area contributed by atoms with E-state index < -0.39 is 20.4 Å². The highest BCUT2D eigenvalue weighted by Gasteiger charge is 2.40. The molecule has 0 amide bonds. The van der Waals surface area contributed by atoms with Crippen LogP contribution in [-0.2, 0) is 9.22 Å². The summed E-state index contributed by atoms with van der Waals surface area (Å²) in [7, 11) is -2.17. The van der Waals surface area contributed by atoms with Gasteiger partial charge in [-0.15, -0.1) is 5.73 Å². The molecule has 0 saturated heterocycles. The monoisotopic (exact) mass is 450 g/mol. The first-order chi connectivity index (χ1) is 14.5. The van der Waals surface area contributed by atoms with Gasteiger partial charge in [-0.25, -0.2) is 4.79 Å². The van der Waals surface area contributed by atoms with E-state index in [9.17, 15) is 15.0 Å². The van der Waals surface area contributed by atoms with Crippen LogP contribution in [0.2, 0.25) is 18.1 Å². The fourth-order valence-corrected chi connectivity index (χ4v) is 4.92. The van der Waals surface area contributed by atoms with E-state index in [2.05, 4.69) is 52.6 Å². The van der Waals surface area contributed by atoms with Crippen molar-refractivity contribution >= 4 is 14.3 Å². The summed E-state index contributed by atoms with van der Waals surface area (Å²) in [5.74, 6) is -0.742. The van der Waals surface area contributed by atoms with Gasteiger partial charge in [0.25, 0.3) is 0 Å². The zero-order chi connectivity index (χ0) is 23.5. The van der Waals surface area contributed by atoms with Gasteiger partial charge < -0.3 is 14.6 Å². The van der Waals surface area contributed by atoms with Crippen LogP contribution in [0, 0.1) is 5.92 Å². The molecule has 1 aliphatic rings. The van der Waals surface area contributed by atoms with Crippen LogP contribution < -0.4 is 0 Å². The minimum Gasteiger partial charge on any atom is -0.479 e. The SMILES string of the molecule is CCCCCCCCC1=CC[C@H](O)[C@@H]1CCC=C=CC(O[Si](C)(C)C(C)(C)C)C(=O)O. The number of rotatable bonds is 14. The maximum Gasteiger partial charge on any atom is 0.336 e. The number of hydrogen-bond donors (Lipinski definition) is 2. The standard InChI is InChI=1S/C26H46O4Si/c1-7-8-9-10-11-13-16-21-19-20-23(27)22(21)17-14-12-15-18-24(25(28)29)30-31(5,6)26(2,3)4/h12,18-19,22-24,27H,7-11,13-14,16-17,20H2,1-6H3,(H,28,29)/t15?,22-,23+,24?/m1/s1. The zero-order valence-corrected chi connectivity index (χ0v) is 21.7. The highest BCUT2D eigenvalue weighted by Crippen LogP contribution is 2.37. The van der Waals surface area contributed by atoms with Crippen LogP contribution in [0.5, 0.6) is 0 Å². The molecular weight excluding hydrogens is 404 g/mol. The van der Waals surface area contributed by atoms with Gasteiger partial charge in [-0.3, -0.25) is 0 Å². The van der Waals surface area contributed by atoms with E-state index in [-0.39, 0.29) is 17.1 Å². The number of unbranched alkanes of at least 4 members (excludes halogenated alkanes) is 5. The second kappa shape index (κ2) is 13.4. The first-order valence-corrected chi connectivity index (χ1v) is 15.1. The number of carboxylic acids is 1. The Labute approximate surface area is 191 Å². The molecule has 1 unspecified atom stereocenters. The zero-order valence-electron chi connectivity index (χ0n) is 20.7. The lowest BCUT2D eigenvalue weighted by Gasteiger charge is -2.37. The molecule has 0 aliphatic heterocycles. The third-order valence-corrected chi connectivity index (χ3v) is 11.3. The van der Waals surface area contributed by atoms with E-state index in [1.807, 2.05) is 6.08 Å². The molecule has 0 aromatic carbocycles. The number of aliphatic hydroxyl groups excluding tert-OH is 1. The first kappa shape index (κ1) is 27.9. The molecule has 0 fully saturated rings. The second-order valence-electron chi connectivity index (χ2n) is 10.5. The molecule has 0 heterocycles. The molecule has 4 nitrogen and oxygen atoms in total. The van der Waals surface area contributed by atoms with Gasteiger partial charge >= 0.3 is 5.97 Å². The Morgan fingerprint density at radius 1 is 1.26 bits per heavy atom. The largest absolute Gasteiger partial charge is 0.479 e. The third-order valence-electron chi connectivity index (χ3n) is 6.84. The van der Waals surface area contributed by atoms with E-state index in [1.165, 1.54) is 50.2 Å². The maximum atomic E-state index is 11.6. The predicted molar refractivity (Wildman–Crippen MR) is 132 cm³/mol. The van der Waals surface area contributed by atoms with Gasteiger partial charge in [-0.2, -0.15) is 0 Å². The number of carboxylic acid groups (broad SMARTS) is 1. The van der Waals surface area contributed by atoms with Crippen molar-refractivity contribution in [3.05, 3.63) is 29.5 Å². The van der Waals surface area contributed by atoms with Crippen LogP contribution in [0.25, 0.3) is 0 Å². The molecule has 5 heteroatoms. The summed E-state index contributed by atoms with van der Waals surface area (Å²) >= 11 is 0. The quantitative estimate of drug-likeness (QED) is 0.129. The van der Waals surface area contributed by atoms with E-state index in [0.717, 1.165) is 25.7 Å². The minimum atomic E-state index is -2.17. The van der Waals surface area contributed by atoms with Crippen molar-refractivity contribution in [2.45, 2.75) is 122 Å². The summed E-state index contributed by atoms with van der Waals surface area (Å²) in [6.45, 7) is 12.6. The van der Waals surface area contributed by atoms with Crippen molar-refractivity contribution < 1.29 is 19.4 Å². The Morgan fingerprint density at radius 3 is 2.52 bits per heavy atom. The van der Waals surface area contributed by atoms with Crippen molar-refractivity contribution in [3.63, 3.8) is 0 Å². The molecule has 31 heavy (non-hydrogen) atoms. The van der Waals surface area contributed by atoms with Crippen LogP contribution in [0.15, 0.2) is 29.5 Å². The van der Waals surface area contributed by atoms with Crippen molar-refractivity contribution in [2.75, 3.05) is 0 Å². The summed E-state index contributed by atoms with van der Waals surface area (Å²) in [6.07, 6.45) is 15.6. The molecule has 3 atom stereocenters. The number of aliphatic carboxylic acids is 1. The van der Waals surface area contributed by atoms with Gasteiger partial charge in [0.15, 0.2) is 14.4 Å². The highest BCUT2D eigenvalue weighted by atomic mass is 28.4. The van der Waals surface area contributed by atoms with Gasteiger partial charge in [0, 0.05) is 5.92 Å². The summed E-state index contributed by atoms with van der Waals surface area (Å²) in [6, 6.07) is 0. The lowest BCUT2D eigenvalue weighted by molar-refractivity contribution is -0.143. The second-order valence-corrected chi connectivity index (χ2v) is 15.2. The third kappa shape index (κ3) is 9.90. The normalized spacial score (nSPS) is 20.2. The molecule has 0 spiro atoms. The molecule has 0 bridgehead atoms. The molecule has 0 aromatic rings. The summed E-state index contributed by atoms with van der Waals surface area (Å²) in [5, 5.41) is 19.8. The fourth-order valence-electron chi connectivity index (χ4n) is 3.76. The number of hydrogen-bond acceptors (Lipinski definition) is 3. The average molecular weight is 451 g/mol. The average Bonchev–Trinajstić information content (AvgIpc) is 3.02. The van der Waals surface area contributed by atoms with Gasteiger partial charge in [-0.1, -0.05) is 71.4 Å². The van der Waals surface area contributed by atoms with Crippen LogP contribution in [0.1, 0.15) is 91.9 Å². The van der Waals surface area contributed by atoms with Crippen molar-refractivity contribution in [3.8, 4) is 0 Å². The lowest BCUT2D eigenvalue weighted by atomic mass is 9.90. The molecule has 0 saturated carbocycles. The van der Waals surface area contributed by atoms with Crippen LogP contribution in [-0.4, -0.2) is 36.7 Å². The van der Waals surface area contributed by atoms with E-state index in [1.54, 1.807) is 0 Å². The molecule has 0 aromatic heterocycles. The lowest BCUT2D eigenvalue weighted by Crippen LogP contribution is -2.45. The Morgan fingerprint density at radius 2 is 1.90 bits per heavy atom. The predicted octanol–water partition coefficient (Wildman–Crippen LogP) is 7.01. The topological polar surface area (TPSA) is 66.8 Å². The summed E-state index contributed by atoms with van der Waals surface area (Å²) in [4.78, 5) is 11.6. The van der Waals surface area contributed by atoms with Crippen molar-refractivity contribution in [1.82, 2.24) is 0 Å². The fraction of sp³-hybridized carbons (Fsp3) is 0.769. The Bertz CT molecular complexity index is 638. The van der Waals surface area contributed by atoms with E-state index >= 15 is 0 Å². The maximum absolute atomic E-state index is 11.6. The van der Waals surface area contributed by atoms with Crippen molar-refractivity contribution in [2.24, 2.45) is 5.92 Å². The molecule has 2 N–H and O–H groups in total. The summed E-state index contributed by atoms with van der Waals surface area (Å²) in [5.41, 5.74) is 4.44. The summed E-state index contributed by atoms with van der Waals surface area (Å²) < 4.78 is 6.01. The van der Waals surface area contributed by atoms with E-state index in [4.69, 9.17) is 4.43 Å². The van der Waals surface area contributed by atoms with Crippen LogP contribution in [0.4, 0.5) is 0 Å². The number of carbonyl (C=O) groups is 1. The molecule has 178 valence electrons.